The van der Waals surface area contributed by atoms with Gasteiger partial charge in [0.1, 0.15) is 0 Å². The highest BCUT2D eigenvalue weighted by Crippen LogP contribution is 2.25. The number of hydrogen-bond acceptors (Lipinski definition) is 3. The molecule has 0 aliphatic carbocycles. The molecule has 0 radical (unpaired) electrons. The zero-order valence-corrected chi connectivity index (χ0v) is 13.4. The summed E-state index contributed by atoms with van der Waals surface area (Å²) in [5, 5.41) is 12.3. The van der Waals surface area contributed by atoms with Gasteiger partial charge in [-0.25, -0.2) is 0 Å². The average molecular weight is 304 g/mol. The molecule has 22 heavy (non-hydrogen) atoms. The van der Waals surface area contributed by atoms with Gasteiger partial charge in [-0.05, 0) is 50.8 Å². The summed E-state index contributed by atoms with van der Waals surface area (Å²) in [7, 11) is 0. The average Bonchev–Trinajstić information content (AvgIpc) is 2.87. The maximum absolute atomic E-state index is 12.7. The second-order valence-corrected chi connectivity index (χ2v) is 6.09. The monoisotopic (exact) mass is 304 g/mol. The molecule has 1 aromatic rings. The maximum atomic E-state index is 12.7. The van der Waals surface area contributed by atoms with Crippen molar-refractivity contribution < 1.29 is 14.7 Å². The summed E-state index contributed by atoms with van der Waals surface area (Å²) in [5.74, 6) is -0.185. The number of amides is 2. The fraction of sp³-hybridized carbons (Fsp3) is 0.529. The van der Waals surface area contributed by atoms with Crippen LogP contribution in [0.15, 0.2) is 18.2 Å². The Morgan fingerprint density at radius 1 is 1.45 bits per heavy atom. The van der Waals surface area contributed by atoms with Gasteiger partial charge in [0.05, 0.1) is 6.10 Å². The molecule has 120 valence electrons. The largest absolute Gasteiger partial charge is 0.393 e. The van der Waals surface area contributed by atoms with Gasteiger partial charge in [-0.3, -0.25) is 9.59 Å². The molecular formula is C17H24N2O3. The summed E-state index contributed by atoms with van der Waals surface area (Å²) < 4.78 is 0. The van der Waals surface area contributed by atoms with E-state index >= 15 is 0 Å². The van der Waals surface area contributed by atoms with Gasteiger partial charge in [0.15, 0.2) is 0 Å². The summed E-state index contributed by atoms with van der Waals surface area (Å²) in [6, 6.07) is 5.47. The first-order valence-electron chi connectivity index (χ1n) is 7.75. The number of hydrogen-bond donors (Lipinski definition) is 2. The number of benzene rings is 1. The molecule has 2 rings (SSSR count). The number of rotatable bonds is 4. The minimum Gasteiger partial charge on any atom is -0.393 e. The van der Waals surface area contributed by atoms with Crippen molar-refractivity contribution in [2.45, 2.75) is 52.2 Å². The molecule has 1 heterocycles. The second kappa shape index (κ2) is 6.92. The number of nitrogens with zero attached hydrogens (tertiary/aromatic N) is 1. The van der Waals surface area contributed by atoms with Crippen molar-refractivity contribution in [3.63, 3.8) is 0 Å². The van der Waals surface area contributed by atoms with Crippen LogP contribution in [0, 0.1) is 6.92 Å². The van der Waals surface area contributed by atoms with Crippen molar-refractivity contribution in [1.82, 2.24) is 4.90 Å². The van der Waals surface area contributed by atoms with Crippen LogP contribution in [0.25, 0.3) is 0 Å². The van der Waals surface area contributed by atoms with E-state index in [-0.39, 0.29) is 17.9 Å². The van der Waals surface area contributed by atoms with E-state index in [2.05, 4.69) is 5.32 Å². The molecule has 5 heteroatoms. The van der Waals surface area contributed by atoms with Gasteiger partial charge in [-0.15, -0.1) is 0 Å². The van der Waals surface area contributed by atoms with E-state index in [1.165, 1.54) is 6.92 Å². The third-order valence-electron chi connectivity index (χ3n) is 4.05. The minimum absolute atomic E-state index is 0.0326. The van der Waals surface area contributed by atoms with Crippen molar-refractivity contribution in [2.75, 3.05) is 11.9 Å². The molecule has 2 N–H and O–H groups in total. The second-order valence-electron chi connectivity index (χ2n) is 6.09. The number of carbonyl (C=O) groups is 2. The third kappa shape index (κ3) is 3.85. The van der Waals surface area contributed by atoms with E-state index < -0.39 is 6.10 Å². The van der Waals surface area contributed by atoms with Gasteiger partial charge in [0.25, 0.3) is 5.91 Å². The van der Waals surface area contributed by atoms with Crippen molar-refractivity contribution in [3.8, 4) is 0 Å². The SMILES string of the molecule is CC(=O)Nc1cc(C(=O)N2CCCC2CC(C)O)ccc1C. The molecule has 0 spiro atoms. The highest BCUT2D eigenvalue weighted by Gasteiger charge is 2.30. The van der Waals surface area contributed by atoms with Gasteiger partial charge >= 0.3 is 0 Å². The summed E-state index contributed by atoms with van der Waals surface area (Å²) >= 11 is 0. The predicted octanol–water partition coefficient (Wildman–Crippen LogP) is 2.33. The number of likely N-dealkylation sites (tertiary alicyclic amines) is 1. The fourth-order valence-electron chi connectivity index (χ4n) is 2.99. The Morgan fingerprint density at radius 3 is 2.82 bits per heavy atom. The van der Waals surface area contributed by atoms with Gasteiger partial charge in [-0.2, -0.15) is 0 Å². The molecular weight excluding hydrogens is 280 g/mol. The number of aryl methyl sites for hydroxylation is 1. The highest BCUT2D eigenvalue weighted by molar-refractivity contribution is 5.97. The quantitative estimate of drug-likeness (QED) is 0.897. The Hall–Kier alpha value is -1.88. The third-order valence-corrected chi connectivity index (χ3v) is 4.05. The van der Waals surface area contributed by atoms with Gasteiger partial charge in [0.2, 0.25) is 5.91 Å². The van der Waals surface area contributed by atoms with Crippen molar-refractivity contribution in [1.29, 1.82) is 0 Å². The first-order valence-corrected chi connectivity index (χ1v) is 7.75. The first-order chi connectivity index (χ1) is 10.4. The smallest absolute Gasteiger partial charge is 0.254 e. The van der Waals surface area contributed by atoms with E-state index in [1.807, 2.05) is 17.9 Å². The van der Waals surface area contributed by atoms with Crippen LogP contribution in [0.1, 0.15) is 49.0 Å². The van der Waals surface area contributed by atoms with Crippen LogP contribution in [0.5, 0.6) is 0 Å². The van der Waals surface area contributed by atoms with Crippen LogP contribution in [0.3, 0.4) is 0 Å². The molecule has 0 saturated carbocycles. The molecule has 1 aromatic carbocycles. The van der Waals surface area contributed by atoms with Crippen molar-refractivity contribution >= 4 is 17.5 Å². The minimum atomic E-state index is -0.411. The number of aliphatic hydroxyl groups is 1. The molecule has 0 bridgehead atoms. The van der Waals surface area contributed by atoms with Crippen LogP contribution < -0.4 is 5.32 Å². The summed E-state index contributed by atoms with van der Waals surface area (Å²) in [5.41, 5.74) is 2.17. The number of carbonyl (C=O) groups excluding carboxylic acids is 2. The molecule has 1 saturated heterocycles. The standard InChI is InChI=1S/C17H24N2O3/c1-11-6-7-14(10-16(11)18-13(3)21)17(22)19-8-4-5-15(19)9-12(2)20/h6-7,10,12,15,20H,4-5,8-9H2,1-3H3,(H,18,21). The summed E-state index contributed by atoms with van der Waals surface area (Å²) in [6.07, 6.45) is 2.09. The van der Waals surface area contributed by atoms with Gasteiger partial charge in [0, 0.05) is 30.8 Å². The summed E-state index contributed by atoms with van der Waals surface area (Å²) in [6.45, 7) is 5.82. The summed E-state index contributed by atoms with van der Waals surface area (Å²) in [4.78, 5) is 25.8. The van der Waals surface area contributed by atoms with Gasteiger partial charge < -0.3 is 15.3 Å². The van der Waals surface area contributed by atoms with Crippen molar-refractivity contribution in [3.05, 3.63) is 29.3 Å². The lowest BCUT2D eigenvalue weighted by Gasteiger charge is -2.26. The zero-order valence-electron chi connectivity index (χ0n) is 13.4. The van der Waals surface area contributed by atoms with Crippen LogP contribution in [0.2, 0.25) is 0 Å². The van der Waals surface area contributed by atoms with E-state index in [9.17, 15) is 14.7 Å². The lowest BCUT2D eigenvalue weighted by molar-refractivity contribution is -0.114. The number of aliphatic hydroxyl groups excluding tert-OH is 1. The topological polar surface area (TPSA) is 69.6 Å². The first kappa shape index (κ1) is 16.5. The van der Waals surface area contributed by atoms with Crippen molar-refractivity contribution in [2.24, 2.45) is 0 Å². The lowest BCUT2D eigenvalue weighted by Crippen LogP contribution is -2.37. The van der Waals surface area contributed by atoms with Gasteiger partial charge in [-0.1, -0.05) is 6.07 Å². The molecule has 0 aromatic heterocycles. The van der Waals surface area contributed by atoms with E-state index in [4.69, 9.17) is 0 Å². The Balaban J connectivity index is 2.20. The maximum Gasteiger partial charge on any atom is 0.254 e. The van der Waals surface area contributed by atoms with Crippen LogP contribution >= 0.6 is 0 Å². The van der Waals surface area contributed by atoms with Crippen LogP contribution in [0.4, 0.5) is 5.69 Å². The van der Waals surface area contributed by atoms with Crippen LogP contribution in [-0.4, -0.2) is 40.5 Å². The molecule has 1 aliphatic heterocycles. The van der Waals surface area contributed by atoms with Crippen LogP contribution in [-0.2, 0) is 4.79 Å². The molecule has 5 nitrogen and oxygen atoms in total. The van der Waals surface area contributed by atoms with E-state index in [0.717, 1.165) is 24.9 Å². The zero-order chi connectivity index (χ0) is 16.3. The molecule has 2 atom stereocenters. The molecule has 2 unspecified atom stereocenters. The van der Waals surface area contributed by atoms with E-state index in [0.29, 0.717) is 17.7 Å². The fourth-order valence-corrected chi connectivity index (χ4v) is 2.99. The normalized spacial score (nSPS) is 19.1. The number of nitrogens with one attached hydrogen (secondary N) is 1. The van der Waals surface area contributed by atoms with E-state index in [1.54, 1.807) is 19.1 Å². The Morgan fingerprint density at radius 2 is 2.18 bits per heavy atom. The number of anilines is 1. The Bertz CT molecular complexity index is 569. The lowest BCUT2D eigenvalue weighted by atomic mass is 10.1. The molecule has 1 aliphatic rings. The molecule has 1 fully saturated rings. The molecule has 2 amide bonds. The Kier molecular flexibility index (Phi) is 5.19. The Labute approximate surface area is 131 Å². The predicted molar refractivity (Wildman–Crippen MR) is 85.8 cm³/mol. The highest BCUT2D eigenvalue weighted by atomic mass is 16.3.